The second kappa shape index (κ2) is 3.95. The van der Waals surface area contributed by atoms with E-state index in [-0.39, 0.29) is 0 Å². The second-order valence-corrected chi connectivity index (χ2v) is 6.32. The number of rotatable bonds is 1. The first kappa shape index (κ1) is 8.79. The van der Waals surface area contributed by atoms with Gasteiger partial charge in [-0.1, -0.05) is 0 Å². The van der Waals surface area contributed by atoms with Crippen molar-refractivity contribution in [3.63, 3.8) is 0 Å². The fourth-order valence-electron chi connectivity index (χ4n) is 1.26. The monoisotopic (exact) mass is 336 g/mol. The van der Waals surface area contributed by atoms with Gasteiger partial charge in [-0.05, 0) is 0 Å². The number of allylic oxidation sites excluding steroid dienone is 1. The van der Waals surface area contributed by atoms with Crippen LogP contribution in [0.15, 0.2) is 33.9 Å². The Morgan fingerprint density at radius 1 is 1.17 bits per heavy atom. The summed E-state index contributed by atoms with van der Waals surface area (Å²) < 4.78 is 3.21. The van der Waals surface area contributed by atoms with Gasteiger partial charge in [0.05, 0.1) is 0 Å². The van der Waals surface area contributed by atoms with Gasteiger partial charge in [0.15, 0.2) is 0 Å². The molecule has 1 aliphatic heterocycles. The zero-order valence-electron chi connectivity index (χ0n) is 6.59. The minimum atomic E-state index is 0.734. The van der Waals surface area contributed by atoms with Crippen LogP contribution in [0.5, 0.6) is 0 Å². The molecule has 0 aromatic heterocycles. The van der Waals surface area contributed by atoms with Crippen LogP contribution >= 0.6 is 22.6 Å². The molecule has 12 heavy (non-hydrogen) atoms. The molecule has 1 heterocycles. The summed E-state index contributed by atoms with van der Waals surface area (Å²) in [5, 5.41) is 1.40. The number of benzene rings is 1. The van der Waals surface area contributed by atoms with E-state index >= 15 is 0 Å². The molecule has 0 amide bonds. The van der Waals surface area contributed by atoms with E-state index in [0.717, 1.165) is 15.0 Å². The van der Waals surface area contributed by atoms with Gasteiger partial charge in [0.25, 0.3) is 0 Å². The molecule has 0 N–H and O–H groups in total. The summed E-state index contributed by atoms with van der Waals surface area (Å²) in [5.41, 5.74) is 1.44. The van der Waals surface area contributed by atoms with Crippen molar-refractivity contribution >= 4 is 42.0 Å². The van der Waals surface area contributed by atoms with Gasteiger partial charge >= 0.3 is 93.2 Å². The van der Waals surface area contributed by atoms with Gasteiger partial charge in [-0.15, -0.1) is 0 Å². The molecule has 0 aliphatic carbocycles. The zero-order chi connectivity index (χ0) is 8.39. The van der Waals surface area contributed by atoms with Gasteiger partial charge < -0.3 is 0 Å². The van der Waals surface area contributed by atoms with E-state index in [1.54, 1.807) is 8.05 Å². The molecule has 1 aromatic carbocycles. The predicted octanol–water partition coefficient (Wildman–Crippen LogP) is 3.32. The average molecular weight is 335 g/mol. The fraction of sp³-hybridized carbons (Fsp3) is 0.200. The van der Waals surface area contributed by atoms with Crippen molar-refractivity contribution in [2.24, 2.45) is 0 Å². The first-order chi connectivity index (χ1) is 5.88. The van der Waals surface area contributed by atoms with Crippen molar-refractivity contribution < 1.29 is 0 Å². The summed E-state index contributed by atoms with van der Waals surface area (Å²) in [6.07, 6.45) is 1.31. The standard InChI is InChI=1S/C10H9ISe/c11-9-6-7-12-10(9)8-4-2-1-3-5-8/h1-5H,6-7H2. The fourth-order valence-corrected chi connectivity index (χ4v) is 5.72. The molecule has 0 saturated carbocycles. The third kappa shape index (κ3) is 1.76. The molecule has 0 spiro atoms. The topological polar surface area (TPSA) is 0 Å². The van der Waals surface area contributed by atoms with Gasteiger partial charge in [0, 0.05) is 0 Å². The van der Waals surface area contributed by atoms with Crippen LogP contribution in [0.1, 0.15) is 12.0 Å². The second-order valence-electron chi connectivity index (χ2n) is 2.70. The van der Waals surface area contributed by atoms with Gasteiger partial charge in [0.1, 0.15) is 0 Å². The van der Waals surface area contributed by atoms with Crippen molar-refractivity contribution in [1.29, 1.82) is 0 Å². The Hall–Kier alpha value is 0.209. The van der Waals surface area contributed by atoms with Crippen LogP contribution in [0, 0.1) is 0 Å². The number of halogens is 1. The first-order valence-corrected chi connectivity index (χ1v) is 7.09. The molecule has 0 radical (unpaired) electrons. The Kier molecular flexibility index (Phi) is 2.89. The normalized spacial score (nSPS) is 17.1. The molecular weight excluding hydrogens is 326 g/mol. The average Bonchev–Trinajstić information content (AvgIpc) is 2.53. The summed E-state index contributed by atoms with van der Waals surface area (Å²) in [6, 6.07) is 10.8. The van der Waals surface area contributed by atoms with E-state index in [2.05, 4.69) is 52.9 Å². The molecule has 2 heteroatoms. The molecule has 0 saturated heterocycles. The molecule has 0 fully saturated rings. The van der Waals surface area contributed by atoms with Crippen LogP contribution < -0.4 is 0 Å². The minimum absolute atomic E-state index is 0.734. The molecule has 0 nitrogen and oxygen atoms in total. The van der Waals surface area contributed by atoms with E-state index in [1.807, 2.05) is 0 Å². The Labute approximate surface area is 92.7 Å². The Bertz CT molecular complexity index is 303. The van der Waals surface area contributed by atoms with E-state index in [9.17, 15) is 0 Å². The molecule has 1 aromatic rings. The van der Waals surface area contributed by atoms with E-state index in [4.69, 9.17) is 0 Å². The predicted molar refractivity (Wildman–Crippen MR) is 62.6 cm³/mol. The summed E-state index contributed by atoms with van der Waals surface area (Å²) in [4.78, 5) is 0. The third-order valence-corrected chi connectivity index (χ3v) is 6.22. The van der Waals surface area contributed by atoms with Crippen molar-refractivity contribution in [1.82, 2.24) is 0 Å². The molecule has 62 valence electrons. The van der Waals surface area contributed by atoms with Gasteiger partial charge in [-0.25, -0.2) is 0 Å². The number of hydrogen-bond acceptors (Lipinski definition) is 0. The molecule has 1 aliphatic rings. The summed E-state index contributed by atoms with van der Waals surface area (Å²) in [7, 11) is 0. The summed E-state index contributed by atoms with van der Waals surface area (Å²) in [6.45, 7) is 0. The van der Waals surface area contributed by atoms with Crippen LogP contribution in [0.25, 0.3) is 4.47 Å². The maximum absolute atomic E-state index is 2.49. The SMILES string of the molecule is IC1=C(c2ccccc2)[Se]CC1. The molecule has 0 bridgehead atoms. The van der Waals surface area contributed by atoms with Crippen LogP contribution in [-0.2, 0) is 0 Å². The maximum atomic E-state index is 2.49. The van der Waals surface area contributed by atoms with Gasteiger partial charge in [-0.3, -0.25) is 0 Å². The molecule has 0 atom stereocenters. The van der Waals surface area contributed by atoms with Crippen molar-refractivity contribution in [2.45, 2.75) is 11.7 Å². The molecule has 2 rings (SSSR count). The summed E-state index contributed by atoms with van der Waals surface area (Å²) in [5.74, 6) is 0. The van der Waals surface area contributed by atoms with Crippen molar-refractivity contribution in [2.75, 3.05) is 0 Å². The quantitative estimate of drug-likeness (QED) is 0.546. The van der Waals surface area contributed by atoms with Gasteiger partial charge in [0.2, 0.25) is 0 Å². The summed E-state index contributed by atoms with van der Waals surface area (Å²) >= 11 is 3.23. The molecule has 0 unspecified atom stereocenters. The number of hydrogen-bond donors (Lipinski definition) is 0. The Balaban J connectivity index is 2.37. The third-order valence-electron chi connectivity index (χ3n) is 1.85. The molecular formula is C10H9ISe. The Morgan fingerprint density at radius 2 is 1.92 bits per heavy atom. The zero-order valence-corrected chi connectivity index (χ0v) is 10.5. The van der Waals surface area contributed by atoms with Crippen LogP contribution in [-0.4, -0.2) is 15.0 Å². The van der Waals surface area contributed by atoms with Crippen molar-refractivity contribution in [3.8, 4) is 0 Å². The Morgan fingerprint density at radius 3 is 2.50 bits per heavy atom. The van der Waals surface area contributed by atoms with Crippen LogP contribution in [0.4, 0.5) is 0 Å². The van der Waals surface area contributed by atoms with E-state index in [0.29, 0.717) is 0 Å². The van der Waals surface area contributed by atoms with E-state index < -0.39 is 0 Å². The van der Waals surface area contributed by atoms with Crippen LogP contribution in [0.2, 0.25) is 5.32 Å². The van der Waals surface area contributed by atoms with E-state index in [1.165, 1.54) is 17.3 Å². The van der Waals surface area contributed by atoms with Crippen LogP contribution in [0.3, 0.4) is 0 Å². The first-order valence-electron chi connectivity index (χ1n) is 3.95. The van der Waals surface area contributed by atoms with Crippen molar-refractivity contribution in [3.05, 3.63) is 39.5 Å². The van der Waals surface area contributed by atoms with Gasteiger partial charge in [-0.2, -0.15) is 0 Å².